The van der Waals surface area contributed by atoms with E-state index in [1.165, 1.54) is 11.1 Å². The molecule has 1 aromatic heterocycles. The molecule has 1 N–H and O–H groups in total. The van der Waals surface area contributed by atoms with E-state index in [-0.39, 0.29) is 6.10 Å². The van der Waals surface area contributed by atoms with Crippen LogP contribution in [0.4, 0.5) is 5.82 Å². The predicted octanol–water partition coefficient (Wildman–Crippen LogP) is 2.11. The first-order valence-corrected chi connectivity index (χ1v) is 7.11. The van der Waals surface area contributed by atoms with E-state index in [4.69, 9.17) is 4.74 Å². The fourth-order valence-corrected chi connectivity index (χ4v) is 2.39. The molecule has 4 heteroatoms. The molecule has 0 radical (unpaired) electrons. The first-order chi connectivity index (χ1) is 9.06. The summed E-state index contributed by atoms with van der Waals surface area (Å²) in [4.78, 5) is 6.97. The number of morpholine rings is 1. The molecule has 1 atom stereocenters. The Morgan fingerprint density at radius 2 is 2.32 bits per heavy atom. The molecule has 1 aliphatic rings. The summed E-state index contributed by atoms with van der Waals surface area (Å²) in [6.45, 7) is 12.1. The summed E-state index contributed by atoms with van der Waals surface area (Å²) in [7, 11) is 0. The summed E-state index contributed by atoms with van der Waals surface area (Å²) in [5, 5.41) is 3.42. The van der Waals surface area contributed by atoms with Gasteiger partial charge in [-0.3, -0.25) is 0 Å². The maximum absolute atomic E-state index is 5.58. The van der Waals surface area contributed by atoms with Crippen molar-refractivity contribution < 1.29 is 4.74 Å². The van der Waals surface area contributed by atoms with Gasteiger partial charge in [0.2, 0.25) is 0 Å². The predicted molar refractivity (Wildman–Crippen MR) is 78.6 cm³/mol. The normalized spacial score (nSPS) is 20.1. The number of hydrogen-bond donors (Lipinski definition) is 1. The van der Waals surface area contributed by atoms with Crippen LogP contribution in [0.15, 0.2) is 12.3 Å². The topological polar surface area (TPSA) is 37.4 Å². The summed E-state index contributed by atoms with van der Waals surface area (Å²) < 4.78 is 5.58. The number of aryl methyl sites for hydroxylation is 1. The van der Waals surface area contributed by atoms with E-state index in [1.807, 2.05) is 6.20 Å². The average molecular weight is 263 g/mol. The lowest BCUT2D eigenvalue weighted by Gasteiger charge is -2.33. The van der Waals surface area contributed by atoms with Crippen molar-refractivity contribution in [2.45, 2.75) is 46.4 Å². The van der Waals surface area contributed by atoms with Crippen molar-refractivity contribution in [2.24, 2.45) is 0 Å². The lowest BCUT2D eigenvalue weighted by Crippen LogP contribution is -2.41. The van der Waals surface area contributed by atoms with Gasteiger partial charge in [-0.05, 0) is 31.0 Å². The third-order valence-corrected chi connectivity index (χ3v) is 3.36. The highest BCUT2D eigenvalue weighted by Crippen LogP contribution is 2.20. The quantitative estimate of drug-likeness (QED) is 0.903. The van der Waals surface area contributed by atoms with Gasteiger partial charge in [-0.25, -0.2) is 4.98 Å². The molecule has 1 fully saturated rings. The van der Waals surface area contributed by atoms with Gasteiger partial charge in [0.15, 0.2) is 0 Å². The molecular formula is C15H25N3O. The van der Waals surface area contributed by atoms with Gasteiger partial charge in [0.1, 0.15) is 5.82 Å². The molecule has 0 aliphatic carbocycles. The molecule has 106 valence electrons. The highest BCUT2D eigenvalue weighted by atomic mass is 16.5. The van der Waals surface area contributed by atoms with Gasteiger partial charge in [-0.15, -0.1) is 0 Å². The number of anilines is 1. The van der Waals surface area contributed by atoms with Crippen LogP contribution in [0.5, 0.6) is 0 Å². The van der Waals surface area contributed by atoms with E-state index in [9.17, 15) is 0 Å². The van der Waals surface area contributed by atoms with Crippen molar-refractivity contribution in [3.05, 3.63) is 23.4 Å². The molecule has 0 spiro atoms. The highest BCUT2D eigenvalue weighted by molar-refractivity contribution is 5.47. The summed E-state index contributed by atoms with van der Waals surface area (Å²) >= 11 is 0. The fourth-order valence-electron chi connectivity index (χ4n) is 2.39. The van der Waals surface area contributed by atoms with Gasteiger partial charge in [0, 0.05) is 31.9 Å². The average Bonchev–Trinajstić information content (AvgIpc) is 2.36. The van der Waals surface area contributed by atoms with Crippen LogP contribution < -0.4 is 10.2 Å². The molecule has 1 aliphatic heterocycles. The number of hydrogen-bond acceptors (Lipinski definition) is 4. The summed E-state index contributed by atoms with van der Waals surface area (Å²) in [5.74, 6) is 1.10. The maximum atomic E-state index is 5.58. The third-order valence-electron chi connectivity index (χ3n) is 3.36. The first kappa shape index (κ1) is 14.3. The zero-order chi connectivity index (χ0) is 13.8. The number of nitrogens with one attached hydrogen (secondary N) is 1. The monoisotopic (exact) mass is 263 g/mol. The Hall–Kier alpha value is -1.13. The minimum atomic E-state index is 0.289. The Morgan fingerprint density at radius 3 is 2.95 bits per heavy atom. The number of aromatic nitrogens is 1. The van der Waals surface area contributed by atoms with Crippen LogP contribution in [0.1, 0.15) is 31.9 Å². The number of rotatable bonds is 4. The van der Waals surface area contributed by atoms with E-state index in [0.717, 1.165) is 32.1 Å². The number of ether oxygens (including phenoxy) is 1. The van der Waals surface area contributed by atoms with Crippen molar-refractivity contribution in [3.63, 3.8) is 0 Å². The zero-order valence-electron chi connectivity index (χ0n) is 12.4. The van der Waals surface area contributed by atoms with Crippen LogP contribution in [0.25, 0.3) is 0 Å². The van der Waals surface area contributed by atoms with Crippen LogP contribution in [-0.2, 0) is 11.3 Å². The Morgan fingerprint density at radius 1 is 1.53 bits per heavy atom. The lowest BCUT2D eigenvalue weighted by molar-refractivity contribution is 0.0529. The van der Waals surface area contributed by atoms with E-state index in [1.54, 1.807) is 0 Å². The molecule has 0 aromatic carbocycles. The molecule has 19 heavy (non-hydrogen) atoms. The smallest absolute Gasteiger partial charge is 0.131 e. The van der Waals surface area contributed by atoms with Crippen molar-refractivity contribution in [1.82, 2.24) is 10.3 Å². The molecule has 0 amide bonds. The van der Waals surface area contributed by atoms with Crippen molar-refractivity contribution in [2.75, 3.05) is 24.6 Å². The van der Waals surface area contributed by atoms with Gasteiger partial charge in [-0.2, -0.15) is 0 Å². The Labute approximate surface area is 116 Å². The van der Waals surface area contributed by atoms with Crippen LogP contribution in [-0.4, -0.2) is 36.8 Å². The van der Waals surface area contributed by atoms with Gasteiger partial charge in [-0.1, -0.05) is 13.8 Å². The fraction of sp³-hybridized carbons (Fsp3) is 0.667. The maximum Gasteiger partial charge on any atom is 0.131 e. The second-order valence-corrected chi connectivity index (χ2v) is 5.65. The van der Waals surface area contributed by atoms with Crippen LogP contribution >= 0.6 is 0 Å². The van der Waals surface area contributed by atoms with Gasteiger partial charge in [0.25, 0.3) is 0 Å². The van der Waals surface area contributed by atoms with Crippen molar-refractivity contribution >= 4 is 5.82 Å². The van der Waals surface area contributed by atoms with Gasteiger partial charge < -0.3 is 15.0 Å². The molecule has 2 heterocycles. The van der Waals surface area contributed by atoms with Crippen molar-refractivity contribution in [3.8, 4) is 0 Å². The van der Waals surface area contributed by atoms with E-state index in [2.05, 4.69) is 49.0 Å². The molecular weight excluding hydrogens is 238 g/mol. The SMILES string of the molecule is Cc1cc(CNC(C)C)cnc1N1CCOC(C)C1. The van der Waals surface area contributed by atoms with Gasteiger partial charge >= 0.3 is 0 Å². The molecule has 4 nitrogen and oxygen atoms in total. The minimum absolute atomic E-state index is 0.289. The van der Waals surface area contributed by atoms with E-state index < -0.39 is 0 Å². The standard InChI is InChI=1S/C15H25N3O/c1-11(2)16-8-14-7-12(3)15(17-9-14)18-5-6-19-13(4)10-18/h7,9,11,13,16H,5-6,8,10H2,1-4H3. The number of pyridine rings is 1. The summed E-state index contributed by atoms with van der Waals surface area (Å²) in [5.41, 5.74) is 2.49. The molecule has 2 rings (SSSR count). The lowest BCUT2D eigenvalue weighted by atomic mass is 10.1. The second kappa shape index (κ2) is 6.35. The zero-order valence-corrected chi connectivity index (χ0v) is 12.4. The third kappa shape index (κ3) is 3.91. The summed E-state index contributed by atoms with van der Waals surface area (Å²) in [6, 6.07) is 2.73. The van der Waals surface area contributed by atoms with Crippen LogP contribution in [0.2, 0.25) is 0 Å². The highest BCUT2D eigenvalue weighted by Gasteiger charge is 2.19. The number of nitrogens with zero attached hydrogens (tertiary/aromatic N) is 2. The molecule has 1 unspecified atom stereocenters. The van der Waals surface area contributed by atoms with E-state index in [0.29, 0.717) is 6.04 Å². The largest absolute Gasteiger partial charge is 0.375 e. The van der Waals surface area contributed by atoms with E-state index >= 15 is 0 Å². The van der Waals surface area contributed by atoms with Crippen LogP contribution in [0, 0.1) is 6.92 Å². The minimum Gasteiger partial charge on any atom is -0.375 e. The molecule has 1 aromatic rings. The second-order valence-electron chi connectivity index (χ2n) is 5.65. The Kier molecular flexibility index (Phi) is 4.77. The molecule has 0 saturated carbocycles. The Bertz CT molecular complexity index is 420. The van der Waals surface area contributed by atoms with Gasteiger partial charge in [0.05, 0.1) is 12.7 Å². The first-order valence-electron chi connectivity index (χ1n) is 7.11. The summed E-state index contributed by atoms with van der Waals surface area (Å²) in [6.07, 6.45) is 2.27. The van der Waals surface area contributed by atoms with Crippen LogP contribution in [0.3, 0.4) is 0 Å². The van der Waals surface area contributed by atoms with Crippen molar-refractivity contribution in [1.29, 1.82) is 0 Å². The molecule has 0 bridgehead atoms. The molecule has 1 saturated heterocycles. The Balaban J connectivity index is 2.06.